The van der Waals surface area contributed by atoms with Crippen LogP contribution in [0.15, 0.2) is 0 Å². The van der Waals surface area contributed by atoms with E-state index in [1.54, 1.807) is 0 Å². The summed E-state index contributed by atoms with van der Waals surface area (Å²) < 4.78 is 0. The molecule has 0 aliphatic carbocycles. The van der Waals surface area contributed by atoms with Crippen LogP contribution in [0.25, 0.3) is 0 Å². The maximum absolute atomic E-state index is 6.73. The highest BCUT2D eigenvalue weighted by molar-refractivity contribution is 8.93. The van der Waals surface area contributed by atoms with Crippen LogP contribution in [-0.4, -0.2) is 5.84 Å². The third-order valence-electron chi connectivity index (χ3n) is 0.622. The highest BCUT2D eigenvalue weighted by Gasteiger charge is 1.91. The minimum atomic E-state index is 0. The van der Waals surface area contributed by atoms with Crippen LogP contribution in [0.2, 0.25) is 0 Å². The molecule has 0 aromatic rings. The van der Waals surface area contributed by atoms with Crippen molar-refractivity contribution >= 4 is 22.8 Å². The molecular weight excluding hydrogens is 156 g/mol. The second-order valence-electron chi connectivity index (χ2n) is 1.61. The lowest BCUT2D eigenvalue weighted by Crippen LogP contribution is -2.16. The van der Waals surface area contributed by atoms with Gasteiger partial charge in [-0.3, -0.25) is 5.41 Å². The molecule has 0 aromatic carbocycles. The van der Waals surface area contributed by atoms with E-state index in [1.807, 2.05) is 13.8 Å². The van der Waals surface area contributed by atoms with Crippen LogP contribution >= 0.6 is 17.0 Å². The zero-order chi connectivity index (χ0) is 5.15. The molecule has 3 N–H and O–H groups in total. The molecule has 0 bridgehead atoms. The third kappa shape index (κ3) is 5.95. The Bertz CT molecular complexity index is 60.7. The van der Waals surface area contributed by atoms with E-state index in [-0.39, 0.29) is 28.7 Å². The Kier molecular flexibility index (Phi) is 5.91. The summed E-state index contributed by atoms with van der Waals surface area (Å²) in [6.07, 6.45) is 0. The fourth-order valence-electron chi connectivity index (χ4n) is 0. The molecule has 44 valence electrons. The second-order valence-corrected chi connectivity index (χ2v) is 1.61. The largest absolute Gasteiger partial charge is 0.387 e. The molecule has 0 radical (unpaired) electrons. The lowest BCUT2D eigenvalue weighted by molar-refractivity contribution is 0.865. The Morgan fingerprint density at radius 3 is 1.71 bits per heavy atom. The fraction of sp³-hybridized carbons (Fsp3) is 0.750. The van der Waals surface area contributed by atoms with Gasteiger partial charge in [0.1, 0.15) is 0 Å². The summed E-state index contributed by atoms with van der Waals surface area (Å²) in [6, 6.07) is 0. The lowest BCUT2D eigenvalue weighted by Gasteiger charge is -1.95. The average Bonchev–Trinajstić information content (AvgIpc) is 1.36. The van der Waals surface area contributed by atoms with E-state index in [4.69, 9.17) is 11.1 Å². The van der Waals surface area contributed by atoms with Crippen molar-refractivity contribution in [1.82, 2.24) is 0 Å². The van der Waals surface area contributed by atoms with Gasteiger partial charge in [0.05, 0.1) is 5.84 Å². The summed E-state index contributed by atoms with van der Waals surface area (Å²) >= 11 is 0. The summed E-state index contributed by atoms with van der Waals surface area (Å²) in [7, 11) is 0. The number of hydrogen-bond donors (Lipinski definition) is 2. The van der Waals surface area contributed by atoms with Gasteiger partial charge < -0.3 is 5.73 Å². The molecule has 0 amide bonds. The molecule has 0 aliphatic rings. The Hall–Kier alpha value is -0.0500. The van der Waals surface area contributed by atoms with E-state index >= 15 is 0 Å². The van der Waals surface area contributed by atoms with Gasteiger partial charge in [-0.2, -0.15) is 0 Å². The van der Waals surface area contributed by atoms with Crippen molar-refractivity contribution in [2.45, 2.75) is 13.8 Å². The predicted octanol–water partition coefficient (Wildman–Crippen LogP) is 1.16. The number of hydrogen-bond acceptors (Lipinski definition) is 1. The smallest absolute Gasteiger partial charge is 0.0931 e. The Morgan fingerprint density at radius 1 is 1.57 bits per heavy atom. The number of halogens is 1. The zero-order valence-electron chi connectivity index (χ0n) is 4.56. The summed E-state index contributed by atoms with van der Waals surface area (Å²) in [5.74, 6) is 0.472. The molecule has 0 aliphatic heterocycles. The molecule has 0 rings (SSSR count). The molecule has 0 saturated carbocycles. The third-order valence-corrected chi connectivity index (χ3v) is 0.622. The van der Waals surface area contributed by atoms with E-state index < -0.39 is 0 Å². The van der Waals surface area contributed by atoms with Gasteiger partial charge in [-0.25, -0.2) is 0 Å². The van der Waals surface area contributed by atoms with Gasteiger partial charge in [-0.05, 0) is 0 Å². The summed E-state index contributed by atoms with van der Waals surface area (Å²) in [6.45, 7) is 3.78. The first kappa shape index (κ1) is 10.0. The van der Waals surface area contributed by atoms with Crippen molar-refractivity contribution in [3.05, 3.63) is 0 Å². The Labute approximate surface area is 54.4 Å². The predicted molar refractivity (Wildman–Crippen MR) is 37.1 cm³/mol. The van der Waals surface area contributed by atoms with Crippen molar-refractivity contribution in [1.29, 1.82) is 5.41 Å². The van der Waals surface area contributed by atoms with Crippen molar-refractivity contribution in [2.24, 2.45) is 11.7 Å². The molecule has 0 spiro atoms. The standard InChI is InChI=1S/C4H10N2.BrH/c1-3(2)4(5)6;/h3H,1-2H3,(H3,5,6);1H. The molecule has 0 heterocycles. The number of nitrogens with two attached hydrogens (primary N) is 1. The average molecular weight is 167 g/mol. The van der Waals surface area contributed by atoms with Crippen LogP contribution < -0.4 is 5.73 Å². The molecular formula is C4H11BrN2. The van der Waals surface area contributed by atoms with Gasteiger partial charge in [0, 0.05) is 5.92 Å². The molecule has 0 fully saturated rings. The summed E-state index contributed by atoms with van der Waals surface area (Å²) in [5.41, 5.74) is 5.02. The maximum atomic E-state index is 6.73. The van der Waals surface area contributed by atoms with Crippen molar-refractivity contribution < 1.29 is 0 Å². The van der Waals surface area contributed by atoms with Crippen LogP contribution in [0.3, 0.4) is 0 Å². The summed E-state index contributed by atoms with van der Waals surface area (Å²) in [5, 5.41) is 6.73. The molecule has 0 saturated heterocycles. The minimum Gasteiger partial charge on any atom is -0.387 e. The van der Waals surface area contributed by atoms with Gasteiger partial charge in [0.2, 0.25) is 0 Å². The Balaban J connectivity index is 0. The van der Waals surface area contributed by atoms with Crippen molar-refractivity contribution in [2.75, 3.05) is 0 Å². The number of rotatable bonds is 1. The molecule has 3 heteroatoms. The zero-order valence-corrected chi connectivity index (χ0v) is 6.28. The van der Waals surface area contributed by atoms with Gasteiger partial charge in [-0.1, -0.05) is 13.8 Å². The summed E-state index contributed by atoms with van der Waals surface area (Å²) in [4.78, 5) is 0. The molecule has 0 atom stereocenters. The van der Waals surface area contributed by atoms with E-state index in [0.29, 0.717) is 0 Å². The highest BCUT2D eigenvalue weighted by atomic mass is 79.9. The van der Waals surface area contributed by atoms with E-state index in [0.717, 1.165) is 0 Å². The molecule has 0 unspecified atom stereocenters. The van der Waals surface area contributed by atoms with Crippen LogP contribution in [0.1, 0.15) is 13.8 Å². The van der Waals surface area contributed by atoms with Gasteiger partial charge in [0.15, 0.2) is 0 Å². The molecule has 2 nitrogen and oxygen atoms in total. The highest BCUT2D eigenvalue weighted by Crippen LogP contribution is 1.85. The lowest BCUT2D eigenvalue weighted by atomic mass is 10.2. The van der Waals surface area contributed by atoms with Crippen molar-refractivity contribution in [3.8, 4) is 0 Å². The maximum Gasteiger partial charge on any atom is 0.0931 e. The topological polar surface area (TPSA) is 49.9 Å². The SMILES string of the molecule is Br.CC(C)C(=N)N. The molecule has 0 aromatic heterocycles. The minimum absolute atomic E-state index is 0. The monoisotopic (exact) mass is 166 g/mol. The number of nitrogens with one attached hydrogen (secondary N) is 1. The van der Waals surface area contributed by atoms with Crippen LogP contribution in [0.5, 0.6) is 0 Å². The number of amidine groups is 1. The van der Waals surface area contributed by atoms with E-state index in [2.05, 4.69) is 0 Å². The van der Waals surface area contributed by atoms with Crippen LogP contribution in [0, 0.1) is 11.3 Å². The normalized spacial score (nSPS) is 7.86. The van der Waals surface area contributed by atoms with Crippen molar-refractivity contribution in [3.63, 3.8) is 0 Å². The van der Waals surface area contributed by atoms with Gasteiger partial charge in [0.25, 0.3) is 0 Å². The molecule has 7 heavy (non-hydrogen) atoms. The van der Waals surface area contributed by atoms with Crippen LogP contribution in [0.4, 0.5) is 0 Å². The quantitative estimate of drug-likeness (QED) is 0.446. The van der Waals surface area contributed by atoms with E-state index in [1.165, 1.54) is 0 Å². The van der Waals surface area contributed by atoms with Gasteiger partial charge in [-0.15, -0.1) is 17.0 Å². The Morgan fingerprint density at radius 2 is 1.71 bits per heavy atom. The van der Waals surface area contributed by atoms with Gasteiger partial charge >= 0.3 is 0 Å². The first-order valence-corrected chi connectivity index (χ1v) is 1.98. The van der Waals surface area contributed by atoms with E-state index in [9.17, 15) is 0 Å². The second kappa shape index (κ2) is 4.12. The first-order chi connectivity index (χ1) is 2.64. The first-order valence-electron chi connectivity index (χ1n) is 1.98. The fourth-order valence-corrected chi connectivity index (χ4v) is 0. The van der Waals surface area contributed by atoms with Crippen LogP contribution in [-0.2, 0) is 0 Å².